The van der Waals surface area contributed by atoms with E-state index >= 15 is 0 Å². The van der Waals surface area contributed by atoms with Crippen LogP contribution in [0.3, 0.4) is 0 Å². The van der Waals surface area contributed by atoms with Gasteiger partial charge in [-0.2, -0.15) is 4.98 Å². The van der Waals surface area contributed by atoms with Crippen LogP contribution in [0.1, 0.15) is 16.2 Å². The molecule has 0 aliphatic carbocycles. The Morgan fingerprint density at radius 2 is 2.00 bits per heavy atom. The fourth-order valence-electron chi connectivity index (χ4n) is 2.54. The van der Waals surface area contributed by atoms with Crippen LogP contribution >= 0.6 is 11.3 Å². The Labute approximate surface area is 170 Å². The first-order valence-corrected chi connectivity index (χ1v) is 9.50. The van der Waals surface area contributed by atoms with Gasteiger partial charge in [0, 0.05) is 17.1 Å². The zero-order chi connectivity index (χ0) is 20.1. The highest BCUT2D eigenvalue weighted by atomic mass is 32.1. The number of nitrogens with zero attached hydrogens (tertiary/aromatic N) is 3. The topological polar surface area (TPSA) is 99.4 Å². The Morgan fingerprint density at radius 3 is 2.76 bits per heavy atom. The normalized spacial score (nSPS) is 10.5. The maximum Gasteiger partial charge on any atom is 0.264 e. The maximum atomic E-state index is 12.5. The summed E-state index contributed by atoms with van der Waals surface area (Å²) in [6, 6.07) is 14.2. The second kappa shape index (κ2) is 8.53. The van der Waals surface area contributed by atoms with Crippen molar-refractivity contribution in [2.45, 2.75) is 6.61 Å². The summed E-state index contributed by atoms with van der Waals surface area (Å²) >= 11 is 1.34. The molecular formula is C20H16N4O4S. The number of benzene rings is 2. The Balaban J connectivity index is 1.44. The van der Waals surface area contributed by atoms with E-state index in [-0.39, 0.29) is 12.5 Å². The zero-order valence-electron chi connectivity index (χ0n) is 15.4. The molecule has 2 heterocycles. The number of rotatable bonds is 7. The highest BCUT2D eigenvalue weighted by Gasteiger charge is 2.15. The predicted molar refractivity (Wildman–Crippen MR) is 107 cm³/mol. The molecule has 9 heteroatoms. The van der Waals surface area contributed by atoms with Gasteiger partial charge in [-0.3, -0.25) is 10.1 Å². The maximum absolute atomic E-state index is 12.5. The molecular weight excluding hydrogens is 392 g/mol. The average Bonchev–Trinajstić information content (AvgIpc) is 3.45. The molecule has 2 aromatic carbocycles. The largest absolute Gasteiger partial charge is 0.497 e. The van der Waals surface area contributed by atoms with Crippen LogP contribution in [-0.2, 0) is 6.61 Å². The number of thiazole rings is 1. The van der Waals surface area contributed by atoms with Gasteiger partial charge in [0.15, 0.2) is 11.7 Å². The van der Waals surface area contributed by atoms with Crippen molar-refractivity contribution in [1.29, 1.82) is 0 Å². The fourth-order valence-corrected chi connectivity index (χ4v) is 3.06. The quantitative estimate of drug-likeness (QED) is 0.493. The van der Waals surface area contributed by atoms with Crippen molar-refractivity contribution in [2.24, 2.45) is 0 Å². The summed E-state index contributed by atoms with van der Waals surface area (Å²) in [7, 11) is 1.61. The highest BCUT2D eigenvalue weighted by Crippen LogP contribution is 2.23. The van der Waals surface area contributed by atoms with Crippen LogP contribution in [0, 0.1) is 0 Å². The van der Waals surface area contributed by atoms with E-state index in [1.54, 1.807) is 43.0 Å². The molecule has 29 heavy (non-hydrogen) atoms. The van der Waals surface area contributed by atoms with Gasteiger partial charge < -0.3 is 14.0 Å². The lowest BCUT2D eigenvalue weighted by Gasteiger charge is -2.09. The number of aromatic nitrogens is 3. The third-order valence-corrected chi connectivity index (χ3v) is 4.64. The molecule has 4 aromatic rings. The van der Waals surface area contributed by atoms with Gasteiger partial charge >= 0.3 is 0 Å². The third-order valence-electron chi connectivity index (χ3n) is 3.95. The van der Waals surface area contributed by atoms with Crippen molar-refractivity contribution in [3.05, 3.63) is 71.6 Å². The molecule has 0 saturated carbocycles. The number of nitrogens with one attached hydrogen (secondary N) is 1. The number of hydrogen-bond acceptors (Lipinski definition) is 8. The minimum Gasteiger partial charge on any atom is -0.497 e. The summed E-state index contributed by atoms with van der Waals surface area (Å²) in [5, 5.41) is 9.01. The Hall–Kier alpha value is -3.72. The number of para-hydroxylation sites is 1. The van der Waals surface area contributed by atoms with Gasteiger partial charge in [-0.25, -0.2) is 4.98 Å². The first kappa shape index (κ1) is 18.6. The van der Waals surface area contributed by atoms with Crippen molar-refractivity contribution in [1.82, 2.24) is 15.1 Å². The molecule has 2 aromatic heterocycles. The molecule has 4 rings (SSSR count). The lowest BCUT2D eigenvalue weighted by molar-refractivity contribution is 0.102. The smallest absolute Gasteiger partial charge is 0.264 e. The Morgan fingerprint density at radius 1 is 1.17 bits per heavy atom. The first-order valence-electron chi connectivity index (χ1n) is 8.62. The molecule has 146 valence electrons. The summed E-state index contributed by atoms with van der Waals surface area (Å²) in [5.74, 6) is 1.59. The van der Waals surface area contributed by atoms with Gasteiger partial charge in [0.05, 0.1) is 12.7 Å². The summed E-state index contributed by atoms with van der Waals surface area (Å²) in [6.45, 7) is 0.0324. The minimum absolute atomic E-state index is 0.0324. The molecule has 0 fully saturated rings. The van der Waals surface area contributed by atoms with E-state index in [0.717, 1.165) is 11.3 Å². The molecule has 0 aliphatic heterocycles. The van der Waals surface area contributed by atoms with Gasteiger partial charge in [-0.1, -0.05) is 17.3 Å². The Kier molecular flexibility index (Phi) is 5.48. The van der Waals surface area contributed by atoms with Gasteiger partial charge in [0.25, 0.3) is 11.8 Å². The minimum atomic E-state index is -0.306. The van der Waals surface area contributed by atoms with Crippen molar-refractivity contribution >= 4 is 22.4 Å². The van der Waals surface area contributed by atoms with E-state index in [4.69, 9.17) is 14.0 Å². The van der Waals surface area contributed by atoms with E-state index in [9.17, 15) is 4.79 Å². The van der Waals surface area contributed by atoms with Gasteiger partial charge in [0.2, 0.25) is 5.82 Å². The van der Waals surface area contributed by atoms with E-state index in [0.29, 0.717) is 28.2 Å². The number of carbonyl (C=O) groups is 1. The van der Waals surface area contributed by atoms with Crippen LogP contribution in [0.4, 0.5) is 5.13 Å². The second-order valence-electron chi connectivity index (χ2n) is 5.82. The van der Waals surface area contributed by atoms with Crippen LogP contribution in [0.2, 0.25) is 0 Å². The van der Waals surface area contributed by atoms with Crippen molar-refractivity contribution in [3.8, 4) is 22.9 Å². The number of hydrogen-bond donors (Lipinski definition) is 1. The van der Waals surface area contributed by atoms with Gasteiger partial charge in [-0.15, -0.1) is 11.3 Å². The lowest BCUT2D eigenvalue weighted by Crippen LogP contribution is -2.13. The van der Waals surface area contributed by atoms with Crippen LogP contribution in [-0.4, -0.2) is 28.1 Å². The van der Waals surface area contributed by atoms with Crippen LogP contribution in [0.25, 0.3) is 11.4 Å². The first-order chi connectivity index (χ1) is 14.2. The van der Waals surface area contributed by atoms with Crippen LogP contribution in [0.15, 0.2) is 64.6 Å². The molecule has 0 unspecified atom stereocenters. The number of methoxy groups -OCH3 is 1. The SMILES string of the molecule is COc1ccc(-c2noc(COc3ccccc3C(=O)Nc3nccs3)n2)cc1. The van der Waals surface area contributed by atoms with Gasteiger partial charge in [-0.05, 0) is 36.4 Å². The van der Waals surface area contributed by atoms with Crippen molar-refractivity contribution in [3.63, 3.8) is 0 Å². The number of anilines is 1. The molecule has 0 spiro atoms. The summed E-state index contributed by atoms with van der Waals surface area (Å²) in [6.07, 6.45) is 1.62. The highest BCUT2D eigenvalue weighted by molar-refractivity contribution is 7.13. The molecule has 0 bridgehead atoms. The van der Waals surface area contributed by atoms with Crippen LogP contribution in [0.5, 0.6) is 11.5 Å². The number of ether oxygens (including phenoxy) is 2. The van der Waals surface area contributed by atoms with Crippen molar-refractivity contribution in [2.75, 3.05) is 12.4 Å². The second-order valence-corrected chi connectivity index (χ2v) is 6.71. The molecule has 1 N–H and O–H groups in total. The molecule has 0 aliphatic rings. The fraction of sp³-hybridized carbons (Fsp3) is 0.100. The van der Waals surface area contributed by atoms with Crippen molar-refractivity contribution < 1.29 is 18.8 Å². The summed E-state index contributed by atoms with van der Waals surface area (Å²) in [4.78, 5) is 20.9. The summed E-state index contributed by atoms with van der Waals surface area (Å²) in [5.41, 5.74) is 1.18. The molecule has 0 atom stereocenters. The number of carbonyl (C=O) groups excluding carboxylic acids is 1. The Bertz CT molecular complexity index is 1090. The standard InChI is InChI=1S/C20H16N4O4S/c1-26-14-8-6-13(7-9-14)18-22-17(28-24-18)12-27-16-5-3-2-4-15(16)19(25)23-20-21-10-11-29-20/h2-11H,12H2,1H3,(H,21,23,25). The summed E-state index contributed by atoms with van der Waals surface area (Å²) < 4.78 is 16.2. The predicted octanol–water partition coefficient (Wildman–Crippen LogP) is 4.03. The monoisotopic (exact) mass is 408 g/mol. The molecule has 0 saturated heterocycles. The average molecular weight is 408 g/mol. The van der Waals surface area contributed by atoms with Crippen LogP contribution < -0.4 is 14.8 Å². The lowest BCUT2D eigenvalue weighted by atomic mass is 10.2. The molecule has 1 amide bonds. The van der Waals surface area contributed by atoms with E-state index in [2.05, 4.69) is 20.4 Å². The van der Waals surface area contributed by atoms with Gasteiger partial charge in [0.1, 0.15) is 11.5 Å². The molecule has 0 radical (unpaired) electrons. The molecule has 8 nitrogen and oxygen atoms in total. The van der Waals surface area contributed by atoms with E-state index in [1.165, 1.54) is 11.3 Å². The van der Waals surface area contributed by atoms with E-state index in [1.807, 2.05) is 24.3 Å². The number of amides is 1. The van der Waals surface area contributed by atoms with E-state index < -0.39 is 0 Å². The zero-order valence-corrected chi connectivity index (χ0v) is 16.2. The third kappa shape index (κ3) is 4.41.